The van der Waals surface area contributed by atoms with Gasteiger partial charge in [0.1, 0.15) is 0 Å². The molecule has 0 bridgehead atoms. The van der Waals surface area contributed by atoms with Crippen molar-refractivity contribution in [1.29, 1.82) is 0 Å². The van der Waals surface area contributed by atoms with Crippen LogP contribution in [-0.4, -0.2) is 6.54 Å². The molecule has 2 aromatic rings. The lowest BCUT2D eigenvalue weighted by atomic mass is 10.1. The van der Waals surface area contributed by atoms with Crippen molar-refractivity contribution in [3.05, 3.63) is 70.8 Å². The molecule has 1 nitrogen and oxygen atoms in total. The highest BCUT2D eigenvalue weighted by Crippen LogP contribution is 2.30. The number of fused-ring (bicyclic) bond motifs is 1. The number of aryl methyl sites for hydroxylation is 2. The summed E-state index contributed by atoms with van der Waals surface area (Å²) in [7, 11) is 0. The normalized spacial score (nSPS) is 17.4. The van der Waals surface area contributed by atoms with Gasteiger partial charge in [0.25, 0.3) is 0 Å². The van der Waals surface area contributed by atoms with Crippen LogP contribution in [0.15, 0.2) is 48.5 Å². The summed E-state index contributed by atoms with van der Waals surface area (Å²) in [4.78, 5) is 0. The van der Waals surface area contributed by atoms with E-state index in [4.69, 9.17) is 0 Å². The summed E-state index contributed by atoms with van der Waals surface area (Å²) in [5, 5.41) is 3.71. The van der Waals surface area contributed by atoms with Crippen molar-refractivity contribution in [1.82, 2.24) is 5.32 Å². The van der Waals surface area contributed by atoms with Gasteiger partial charge >= 0.3 is 0 Å². The Bertz CT molecular complexity index is 559. The van der Waals surface area contributed by atoms with Gasteiger partial charge in [0.15, 0.2) is 0 Å². The van der Waals surface area contributed by atoms with E-state index in [1.54, 1.807) is 0 Å². The smallest absolute Gasteiger partial charge is 0.0326 e. The lowest BCUT2D eigenvalue weighted by Crippen LogP contribution is -2.22. The number of hydrogen-bond acceptors (Lipinski definition) is 1. The highest BCUT2D eigenvalue weighted by atomic mass is 14.9. The van der Waals surface area contributed by atoms with Crippen molar-refractivity contribution >= 4 is 0 Å². The summed E-state index contributed by atoms with van der Waals surface area (Å²) in [5.41, 5.74) is 5.89. The SMILES string of the molecule is Cc1ccccc1CCNC1CCc2ccccc21. The zero-order valence-corrected chi connectivity index (χ0v) is 11.5. The van der Waals surface area contributed by atoms with Crippen molar-refractivity contribution in [2.75, 3.05) is 6.54 Å². The Morgan fingerprint density at radius 3 is 2.74 bits per heavy atom. The zero-order chi connectivity index (χ0) is 13.1. The maximum absolute atomic E-state index is 3.71. The van der Waals surface area contributed by atoms with Gasteiger partial charge in [-0.2, -0.15) is 0 Å². The minimum Gasteiger partial charge on any atom is -0.310 e. The standard InChI is InChI=1S/C18H21N/c1-14-6-2-3-7-15(14)12-13-19-18-11-10-16-8-4-5-9-17(16)18/h2-9,18-19H,10-13H2,1H3. The van der Waals surface area contributed by atoms with Crippen LogP contribution in [0, 0.1) is 6.92 Å². The zero-order valence-electron chi connectivity index (χ0n) is 11.5. The Kier molecular flexibility index (Phi) is 3.65. The van der Waals surface area contributed by atoms with Gasteiger partial charge in [-0.25, -0.2) is 0 Å². The molecule has 0 spiro atoms. The topological polar surface area (TPSA) is 12.0 Å². The predicted octanol–water partition coefficient (Wildman–Crippen LogP) is 3.81. The van der Waals surface area contributed by atoms with Crippen LogP contribution in [0.5, 0.6) is 0 Å². The first-order valence-electron chi connectivity index (χ1n) is 7.20. The van der Waals surface area contributed by atoms with Gasteiger partial charge in [-0.1, -0.05) is 48.5 Å². The summed E-state index contributed by atoms with van der Waals surface area (Å²) in [6.07, 6.45) is 3.58. The van der Waals surface area contributed by atoms with Gasteiger partial charge in [-0.3, -0.25) is 0 Å². The molecule has 0 aromatic heterocycles. The van der Waals surface area contributed by atoms with Gasteiger partial charge in [0, 0.05) is 6.04 Å². The number of benzene rings is 2. The second kappa shape index (κ2) is 5.58. The molecule has 3 rings (SSSR count). The monoisotopic (exact) mass is 251 g/mol. The molecular formula is C18H21N. The maximum atomic E-state index is 3.71. The molecule has 2 aromatic carbocycles. The van der Waals surface area contributed by atoms with E-state index in [-0.39, 0.29) is 0 Å². The first kappa shape index (κ1) is 12.4. The van der Waals surface area contributed by atoms with Crippen LogP contribution in [0.25, 0.3) is 0 Å². The molecule has 19 heavy (non-hydrogen) atoms. The fraction of sp³-hybridized carbons (Fsp3) is 0.333. The summed E-state index contributed by atoms with van der Waals surface area (Å²) in [6, 6.07) is 18.1. The van der Waals surface area contributed by atoms with E-state index < -0.39 is 0 Å². The third-order valence-corrected chi connectivity index (χ3v) is 4.18. The van der Waals surface area contributed by atoms with Gasteiger partial charge < -0.3 is 5.32 Å². The van der Waals surface area contributed by atoms with E-state index in [1.807, 2.05) is 0 Å². The fourth-order valence-corrected chi connectivity index (χ4v) is 3.04. The summed E-state index contributed by atoms with van der Waals surface area (Å²) in [5.74, 6) is 0. The molecular weight excluding hydrogens is 230 g/mol. The fourth-order valence-electron chi connectivity index (χ4n) is 3.04. The Balaban J connectivity index is 1.58. The molecule has 1 aliphatic carbocycles. The number of nitrogens with one attached hydrogen (secondary N) is 1. The third-order valence-electron chi connectivity index (χ3n) is 4.18. The quantitative estimate of drug-likeness (QED) is 0.871. The van der Waals surface area contributed by atoms with Crippen LogP contribution in [0.4, 0.5) is 0 Å². The van der Waals surface area contributed by atoms with Crippen LogP contribution >= 0.6 is 0 Å². The summed E-state index contributed by atoms with van der Waals surface area (Å²) < 4.78 is 0. The number of hydrogen-bond donors (Lipinski definition) is 1. The van der Waals surface area contributed by atoms with Gasteiger partial charge in [0.05, 0.1) is 0 Å². The molecule has 1 N–H and O–H groups in total. The summed E-state index contributed by atoms with van der Waals surface area (Å²) in [6.45, 7) is 3.25. The average molecular weight is 251 g/mol. The van der Waals surface area contributed by atoms with Crippen molar-refractivity contribution in [3.63, 3.8) is 0 Å². The molecule has 0 aliphatic heterocycles. The van der Waals surface area contributed by atoms with Crippen LogP contribution in [0.1, 0.15) is 34.7 Å². The minimum absolute atomic E-state index is 0.556. The maximum Gasteiger partial charge on any atom is 0.0326 e. The van der Waals surface area contributed by atoms with Crippen molar-refractivity contribution < 1.29 is 0 Å². The molecule has 1 atom stereocenters. The highest BCUT2D eigenvalue weighted by molar-refractivity contribution is 5.34. The highest BCUT2D eigenvalue weighted by Gasteiger charge is 2.20. The van der Waals surface area contributed by atoms with Gasteiger partial charge in [0.2, 0.25) is 0 Å². The molecule has 0 amide bonds. The lowest BCUT2D eigenvalue weighted by molar-refractivity contribution is 0.533. The Labute approximate surface area is 115 Å². The van der Waals surface area contributed by atoms with E-state index in [9.17, 15) is 0 Å². The first-order chi connectivity index (χ1) is 9.34. The lowest BCUT2D eigenvalue weighted by Gasteiger charge is -2.14. The van der Waals surface area contributed by atoms with E-state index in [0.29, 0.717) is 6.04 Å². The second-order valence-corrected chi connectivity index (χ2v) is 5.42. The Morgan fingerprint density at radius 1 is 1.05 bits per heavy atom. The largest absolute Gasteiger partial charge is 0.310 e. The second-order valence-electron chi connectivity index (χ2n) is 5.42. The van der Waals surface area contributed by atoms with Crippen molar-refractivity contribution in [2.24, 2.45) is 0 Å². The van der Waals surface area contributed by atoms with Gasteiger partial charge in [-0.05, 0) is 55.0 Å². The van der Waals surface area contributed by atoms with Crippen LogP contribution in [0.3, 0.4) is 0 Å². The van der Waals surface area contributed by atoms with E-state index in [0.717, 1.165) is 13.0 Å². The molecule has 0 saturated carbocycles. The molecule has 0 saturated heterocycles. The molecule has 98 valence electrons. The molecule has 0 heterocycles. The molecule has 0 fully saturated rings. The van der Waals surface area contributed by atoms with E-state index >= 15 is 0 Å². The van der Waals surface area contributed by atoms with Crippen molar-refractivity contribution in [3.8, 4) is 0 Å². The Hall–Kier alpha value is -1.60. The summed E-state index contributed by atoms with van der Waals surface area (Å²) >= 11 is 0. The molecule has 0 radical (unpaired) electrons. The minimum atomic E-state index is 0.556. The van der Waals surface area contributed by atoms with Crippen LogP contribution in [-0.2, 0) is 12.8 Å². The predicted molar refractivity (Wildman–Crippen MR) is 80.4 cm³/mol. The molecule has 1 aliphatic rings. The first-order valence-corrected chi connectivity index (χ1v) is 7.20. The van der Waals surface area contributed by atoms with Crippen molar-refractivity contribution in [2.45, 2.75) is 32.2 Å². The molecule has 1 heteroatoms. The van der Waals surface area contributed by atoms with E-state index in [2.05, 4.69) is 60.8 Å². The third kappa shape index (κ3) is 2.71. The van der Waals surface area contributed by atoms with Crippen LogP contribution in [0.2, 0.25) is 0 Å². The Morgan fingerprint density at radius 2 is 1.84 bits per heavy atom. The number of rotatable bonds is 4. The molecule has 1 unspecified atom stereocenters. The van der Waals surface area contributed by atoms with Crippen LogP contribution < -0.4 is 5.32 Å². The average Bonchev–Trinajstić information content (AvgIpc) is 2.85. The van der Waals surface area contributed by atoms with E-state index in [1.165, 1.54) is 35.1 Å². The van der Waals surface area contributed by atoms with Gasteiger partial charge in [-0.15, -0.1) is 0 Å².